The van der Waals surface area contributed by atoms with Gasteiger partial charge < -0.3 is 5.32 Å². The molecule has 0 aliphatic heterocycles. The van der Waals surface area contributed by atoms with Crippen molar-refractivity contribution in [1.82, 2.24) is 4.31 Å². The van der Waals surface area contributed by atoms with Crippen molar-refractivity contribution in [3.63, 3.8) is 0 Å². The Morgan fingerprint density at radius 3 is 2.54 bits per heavy atom. The molecule has 2 rings (SSSR count). The summed E-state index contributed by atoms with van der Waals surface area (Å²) >= 11 is 7.45. The molecule has 2 aromatic carbocycles. The van der Waals surface area contributed by atoms with Gasteiger partial charge in [0, 0.05) is 30.6 Å². The molecule has 0 aromatic heterocycles. The molecule has 0 saturated carbocycles. The number of hydrogen-bond acceptors (Lipinski definition) is 4. The maximum absolute atomic E-state index is 12.4. The van der Waals surface area contributed by atoms with E-state index < -0.39 is 10.0 Å². The SMILES string of the molecule is CC(SCc1cccc(Cl)c1)C(=O)Nc1cccc(S(=O)(=O)N(C)C)c1. The van der Waals surface area contributed by atoms with Crippen LogP contribution in [-0.2, 0) is 20.6 Å². The van der Waals surface area contributed by atoms with Crippen LogP contribution < -0.4 is 5.32 Å². The van der Waals surface area contributed by atoms with Gasteiger partial charge in [-0.25, -0.2) is 12.7 Å². The second-order valence-electron chi connectivity index (χ2n) is 5.89. The monoisotopic (exact) mass is 412 g/mol. The topological polar surface area (TPSA) is 66.5 Å². The summed E-state index contributed by atoms with van der Waals surface area (Å²) in [5, 5.41) is 3.14. The van der Waals surface area contributed by atoms with E-state index in [9.17, 15) is 13.2 Å². The van der Waals surface area contributed by atoms with Crippen molar-refractivity contribution in [1.29, 1.82) is 0 Å². The normalized spacial score (nSPS) is 12.8. The number of thioether (sulfide) groups is 1. The first-order valence-corrected chi connectivity index (χ1v) is 10.8. The highest BCUT2D eigenvalue weighted by molar-refractivity contribution is 7.99. The van der Waals surface area contributed by atoms with Crippen molar-refractivity contribution in [2.24, 2.45) is 0 Å². The fourth-order valence-electron chi connectivity index (χ4n) is 2.11. The lowest BCUT2D eigenvalue weighted by atomic mass is 10.2. The van der Waals surface area contributed by atoms with Gasteiger partial charge >= 0.3 is 0 Å². The van der Waals surface area contributed by atoms with Gasteiger partial charge in [-0.05, 0) is 42.8 Å². The minimum Gasteiger partial charge on any atom is -0.325 e. The number of benzene rings is 2. The minimum atomic E-state index is -3.54. The average molecular weight is 413 g/mol. The van der Waals surface area contributed by atoms with Gasteiger partial charge in [-0.2, -0.15) is 0 Å². The third-order valence-corrected chi connectivity index (χ3v) is 6.90. The molecule has 0 radical (unpaired) electrons. The molecule has 8 heteroatoms. The smallest absolute Gasteiger partial charge is 0.242 e. The number of nitrogens with one attached hydrogen (secondary N) is 1. The highest BCUT2D eigenvalue weighted by Gasteiger charge is 2.19. The summed E-state index contributed by atoms with van der Waals surface area (Å²) in [6.45, 7) is 1.81. The van der Waals surface area contributed by atoms with Crippen molar-refractivity contribution >= 4 is 45.0 Å². The second-order valence-corrected chi connectivity index (χ2v) is 9.81. The Kier molecular flexibility index (Phi) is 7.11. The number of nitrogens with zero attached hydrogens (tertiary/aromatic N) is 1. The van der Waals surface area contributed by atoms with Crippen LogP contribution in [0.15, 0.2) is 53.4 Å². The lowest BCUT2D eigenvalue weighted by Gasteiger charge is -2.14. The third-order valence-electron chi connectivity index (χ3n) is 3.64. The van der Waals surface area contributed by atoms with Gasteiger partial charge in [-0.15, -0.1) is 11.8 Å². The van der Waals surface area contributed by atoms with Crippen LogP contribution in [0.3, 0.4) is 0 Å². The predicted octanol–water partition coefficient (Wildman–Crippen LogP) is 3.85. The number of amides is 1. The second kappa shape index (κ2) is 8.90. The van der Waals surface area contributed by atoms with Crippen molar-refractivity contribution < 1.29 is 13.2 Å². The Bertz CT molecular complexity index is 886. The van der Waals surface area contributed by atoms with Crippen LogP contribution in [0.1, 0.15) is 12.5 Å². The molecular formula is C18H21ClN2O3S2. The van der Waals surface area contributed by atoms with E-state index in [-0.39, 0.29) is 16.1 Å². The molecule has 0 fully saturated rings. The van der Waals surface area contributed by atoms with Crippen LogP contribution in [0.5, 0.6) is 0 Å². The maximum Gasteiger partial charge on any atom is 0.242 e. The van der Waals surface area contributed by atoms with E-state index in [0.29, 0.717) is 16.5 Å². The first kappa shape index (κ1) is 20.8. The fourth-order valence-corrected chi connectivity index (χ4v) is 4.11. The average Bonchev–Trinajstić information content (AvgIpc) is 2.59. The lowest BCUT2D eigenvalue weighted by molar-refractivity contribution is -0.115. The Hall–Kier alpha value is -1.54. The molecule has 0 spiro atoms. The summed E-state index contributed by atoms with van der Waals surface area (Å²) in [5.74, 6) is 0.473. The molecule has 1 amide bonds. The molecule has 0 bridgehead atoms. The van der Waals surface area contributed by atoms with Gasteiger partial charge in [0.15, 0.2) is 0 Å². The molecule has 1 atom stereocenters. The number of anilines is 1. The number of carbonyl (C=O) groups is 1. The molecule has 0 aliphatic carbocycles. The van der Waals surface area contributed by atoms with Gasteiger partial charge in [0.25, 0.3) is 0 Å². The number of carbonyl (C=O) groups excluding carboxylic acids is 1. The van der Waals surface area contributed by atoms with E-state index in [1.54, 1.807) is 18.2 Å². The molecule has 5 nitrogen and oxygen atoms in total. The summed E-state index contributed by atoms with van der Waals surface area (Å²) < 4.78 is 25.5. The lowest BCUT2D eigenvalue weighted by Crippen LogP contribution is -2.24. The van der Waals surface area contributed by atoms with Gasteiger partial charge in [0.1, 0.15) is 0 Å². The molecule has 1 unspecified atom stereocenters. The van der Waals surface area contributed by atoms with Crippen molar-refractivity contribution in [2.75, 3.05) is 19.4 Å². The Morgan fingerprint density at radius 1 is 1.19 bits per heavy atom. The Balaban J connectivity index is 2.00. The summed E-state index contributed by atoms with van der Waals surface area (Å²) in [7, 11) is -0.607. The third kappa shape index (κ3) is 5.48. The first-order valence-electron chi connectivity index (χ1n) is 7.89. The zero-order valence-corrected chi connectivity index (χ0v) is 17.2. The van der Waals surface area contributed by atoms with E-state index in [4.69, 9.17) is 11.6 Å². The minimum absolute atomic E-state index is 0.138. The van der Waals surface area contributed by atoms with Crippen molar-refractivity contribution in [3.8, 4) is 0 Å². The first-order chi connectivity index (χ1) is 12.2. The van der Waals surface area contributed by atoms with Gasteiger partial charge in [-0.1, -0.05) is 29.8 Å². The Labute approximate surface area is 163 Å². The summed E-state index contributed by atoms with van der Waals surface area (Å²) in [5.41, 5.74) is 1.49. The van der Waals surface area contributed by atoms with Gasteiger partial charge in [0.05, 0.1) is 10.1 Å². The summed E-state index contributed by atoms with van der Waals surface area (Å²) in [6, 6.07) is 13.7. The Morgan fingerprint density at radius 2 is 1.88 bits per heavy atom. The largest absolute Gasteiger partial charge is 0.325 e. The maximum atomic E-state index is 12.4. The van der Waals surface area contributed by atoms with Gasteiger partial charge in [-0.3, -0.25) is 4.79 Å². The predicted molar refractivity (Wildman–Crippen MR) is 108 cm³/mol. The molecule has 1 N–H and O–H groups in total. The number of rotatable bonds is 7. The van der Waals surface area contributed by atoms with E-state index in [1.807, 2.05) is 25.1 Å². The van der Waals surface area contributed by atoms with E-state index in [1.165, 1.54) is 38.0 Å². The zero-order chi connectivity index (χ0) is 19.3. The molecule has 2 aromatic rings. The van der Waals surface area contributed by atoms with E-state index in [0.717, 1.165) is 9.87 Å². The number of hydrogen-bond donors (Lipinski definition) is 1. The summed E-state index contributed by atoms with van der Waals surface area (Å²) in [6.07, 6.45) is 0. The molecule has 0 aliphatic rings. The number of sulfonamides is 1. The zero-order valence-electron chi connectivity index (χ0n) is 14.8. The quantitative estimate of drug-likeness (QED) is 0.750. The van der Waals surface area contributed by atoms with Crippen LogP contribution in [0.25, 0.3) is 0 Å². The molecule has 0 heterocycles. The van der Waals surface area contributed by atoms with Gasteiger partial charge in [0.2, 0.25) is 15.9 Å². The molecule has 26 heavy (non-hydrogen) atoms. The molecular weight excluding hydrogens is 392 g/mol. The summed E-state index contributed by atoms with van der Waals surface area (Å²) in [4.78, 5) is 12.5. The van der Waals surface area contributed by atoms with Crippen LogP contribution in [0.4, 0.5) is 5.69 Å². The standard InChI is InChI=1S/C18H21ClN2O3S2/c1-13(25-12-14-6-4-7-15(19)10-14)18(22)20-16-8-5-9-17(11-16)26(23,24)21(2)3/h4-11,13H,12H2,1-3H3,(H,20,22). The van der Waals surface area contributed by atoms with Crippen LogP contribution in [0.2, 0.25) is 5.02 Å². The van der Waals surface area contributed by atoms with Crippen LogP contribution in [0, 0.1) is 0 Å². The van der Waals surface area contributed by atoms with Crippen LogP contribution >= 0.6 is 23.4 Å². The van der Waals surface area contributed by atoms with Crippen molar-refractivity contribution in [3.05, 3.63) is 59.1 Å². The molecule has 0 saturated heterocycles. The highest BCUT2D eigenvalue weighted by Crippen LogP contribution is 2.22. The van der Waals surface area contributed by atoms with E-state index >= 15 is 0 Å². The molecule has 140 valence electrons. The van der Waals surface area contributed by atoms with Crippen molar-refractivity contribution in [2.45, 2.75) is 22.8 Å². The van der Waals surface area contributed by atoms with Crippen LogP contribution in [-0.4, -0.2) is 38.0 Å². The fraction of sp³-hybridized carbons (Fsp3) is 0.278. The highest BCUT2D eigenvalue weighted by atomic mass is 35.5. The van der Waals surface area contributed by atoms with E-state index in [2.05, 4.69) is 5.32 Å². The number of halogens is 1.